The molecular formula is C14H23F2N3O. The van der Waals surface area contributed by atoms with E-state index < -0.39 is 24.5 Å². The second-order valence-electron chi connectivity index (χ2n) is 6.02. The SMILES string of the molecule is CC(F)(F)CC(O)C(CC1CCCCC1)n1cncn1. The summed E-state index contributed by atoms with van der Waals surface area (Å²) in [6.45, 7) is 0.842. The van der Waals surface area contributed by atoms with Crippen molar-refractivity contribution >= 4 is 0 Å². The highest BCUT2D eigenvalue weighted by molar-refractivity contribution is 4.82. The summed E-state index contributed by atoms with van der Waals surface area (Å²) in [7, 11) is 0. The zero-order chi connectivity index (χ0) is 14.6. The molecule has 20 heavy (non-hydrogen) atoms. The Bertz CT molecular complexity index is 386. The Morgan fingerprint density at radius 1 is 1.35 bits per heavy atom. The molecule has 0 bridgehead atoms. The third-order valence-corrected chi connectivity index (χ3v) is 4.09. The molecule has 4 nitrogen and oxygen atoms in total. The molecule has 1 fully saturated rings. The van der Waals surface area contributed by atoms with Crippen molar-refractivity contribution in [3.05, 3.63) is 12.7 Å². The maximum Gasteiger partial charge on any atom is 0.247 e. The summed E-state index contributed by atoms with van der Waals surface area (Å²) < 4.78 is 27.8. The van der Waals surface area contributed by atoms with Crippen molar-refractivity contribution in [2.24, 2.45) is 5.92 Å². The van der Waals surface area contributed by atoms with E-state index in [0.29, 0.717) is 12.3 Å². The molecule has 1 heterocycles. The molecule has 0 spiro atoms. The predicted molar refractivity (Wildman–Crippen MR) is 71.5 cm³/mol. The summed E-state index contributed by atoms with van der Waals surface area (Å²) in [5.41, 5.74) is 0. The maximum atomic E-state index is 13.1. The van der Waals surface area contributed by atoms with Gasteiger partial charge in [0, 0.05) is 6.42 Å². The summed E-state index contributed by atoms with van der Waals surface area (Å²) in [6.07, 6.45) is 7.79. The molecule has 1 aromatic rings. The Hall–Kier alpha value is -1.04. The number of nitrogens with zero attached hydrogens (tertiary/aromatic N) is 3. The van der Waals surface area contributed by atoms with Gasteiger partial charge >= 0.3 is 0 Å². The Kier molecular flexibility index (Phi) is 5.07. The van der Waals surface area contributed by atoms with E-state index in [0.717, 1.165) is 19.8 Å². The molecule has 0 aromatic carbocycles. The highest BCUT2D eigenvalue weighted by Crippen LogP contribution is 2.34. The third kappa shape index (κ3) is 4.51. The topological polar surface area (TPSA) is 50.9 Å². The molecule has 0 aliphatic heterocycles. The smallest absolute Gasteiger partial charge is 0.247 e. The highest BCUT2D eigenvalue weighted by Gasteiger charge is 2.33. The first kappa shape index (κ1) is 15.4. The molecule has 114 valence electrons. The van der Waals surface area contributed by atoms with Gasteiger partial charge in [-0.05, 0) is 19.3 Å². The lowest BCUT2D eigenvalue weighted by atomic mass is 9.83. The first-order valence-corrected chi connectivity index (χ1v) is 7.36. The van der Waals surface area contributed by atoms with Crippen LogP contribution in [0.4, 0.5) is 8.78 Å². The van der Waals surface area contributed by atoms with Crippen LogP contribution in [0.3, 0.4) is 0 Å². The van der Waals surface area contributed by atoms with Crippen LogP contribution in [0.2, 0.25) is 0 Å². The number of hydrogen-bond acceptors (Lipinski definition) is 3. The Morgan fingerprint density at radius 2 is 2.05 bits per heavy atom. The van der Waals surface area contributed by atoms with Crippen molar-refractivity contribution in [2.75, 3.05) is 0 Å². The molecule has 0 saturated heterocycles. The van der Waals surface area contributed by atoms with Crippen LogP contribution in [0.5, 0.6) is 0 Å². The monoisotopic (exact) mass is 287 g/mol. The molecule has 1 aromatic heterocycles. The van der Waals surface area contributed by atoms with E-state index in [2.05, 4.69) is 10.1 Å². The predicted octanol–water partition coefficient (Wildman–Crippen LogP) is 3.20. The van der Waals surface area contributed by atoms with E-state index in [1.807, 2.05) is 0 Å². The number of aliphatic hydroxyl groups is 1. The summed E-state index contributed by atoms with van der Waals surface area (Å²) in [5, 5.41) is 14.2. The lowest BCUT2D eigenvalue weighted by molar-refractivity contribution is -0.0462. The van der Waals surface area contributed by atoms with Crippen LogP contribution in [0.25, 0.3) is 0 Å². The fourth-order valence-corrected chi connectivity index (χ4v) is 3.10. The van der Waals surface area contributed by atoms with Gasteiger partial charge in [-0.3, -0.25) is 0 Å². The number of aromatic nitrogens is 3. The average molecular weight is 287 g/mol. The Labute approximate surface area is 118 Å². The van der Waals surface area contributed by atoms with Crippen LogP contribution < -0.4 is 0 Å². The van der Waals surface area contributed by atoms with Gasteiger partial charge in [0.15, 0.2) is 0 Å². The molecule has 2 atom stereocenters. The van der Waals surface area contributed by atoms with E-state index in [-0.39, 0.29) is 0 Å². The largest absolute Gasteiger partial charge is 0.391 e. The molecule has 1 N–H and O–H groups in total. The molecular weight excluding hydrogens is 264 g/mol. The molecule has 0 radical (unpaired) electrons. The average Bonchev–Trinajstić information content (AvgIpc) is 2.88. The van der Waals surface area contributed by atoms with Crippen molar-refractivity contribution in [1.82, 2.24) is 14.8 Å². The van der Waals surface area contributed by atoms with Gasteiger partial charge in [0.05, 0.1) is 12.1 Å². The highest BCUT2D eigenvalue weighted by atomic mass is 19.3. The minimum absolute atomic E-state index is 0.411. The van der Waals surface area contributed by atoms with Crippen molar-refractivity contribution in [2.45, 2.75) is 69.9 Å². The maximum absolute atomic E-state index is 13.1. The van der Waals surface area contributed by atoms with Crippen molar-refractivity contribution in [3.8, 4) is 0 Å². The van der Waals surface area contributed by atoms with Gasteiger partial charge in [0.1, 0.15) is 12.7 Å². The van der Waals surface area contributed by atoms with Gasteiger partial charge in [-0.15, -0.1) is 0 Å². The molecule has 2 rings (SSSR count). The standard InChI is InChI=1S/C14H23F2N3O/c1-14(15,16)8-13(20)12(19-10-17-9-18-19)7-11-5-3-2-4-6-11/h9-13,20H,2-8H2,1H3. The first-order chi connectivity index (χ1) is 9.46. The zero-order valence-electron chi connectivity index (χ0n) is 11.9. The molecule has 2 unspecified atom stereocenters. The summed E-state index contributed by atoms with van der Waals surface area (Å²) >= 11 is 0. The van der Waals surface area contributed by atoms with Gasteiger partial charge in [0.2, 0.25) is 5.92 Å². The van der Waals surface area contributed by atoms with Crippen LogP contribution in [0.1, 0.15) is 57.9 Å². The van der Waals surface area contributed by atoms with Gasteiger partial charge in [-0.2, -0.15) is 5.10 Å². The lowest BCUT2D eigenvalue weighted by Gasteiger charge is -2.30. The molecule has 0 amide bonds. The normalized spacial score (nSPS) is 20.8. The van der Waals surface area contributed by atoms with Gasteiger partial charge in [0.25, 0.3) is 0 Å². The quantitative estimate of drug-likeness (QED) is 0.874. The summed E-state index contributed by atoms with van der Waals surface area (Å²) in [5.74, 6) is -2.39. The van der Waals surface area contributed by atoms with E-state index in [9.17, 15) is 13.9 Å². The van der Waals surface area contributed by atoms with Crippen LogP contribution in [-0.4, -0.2) is 31.9 Å². The van der Waals surface area contributed by atoms with Crippen LogP contribution >= 0.6 is 0 Å². The lowest BCUT2D eigenvalue weighted by Crippen LogP contribution is -2.32. The van der Waals surface area contributed by atoms with E-state index in [1.165, 1.54) is 36.6 Å². The number of halogens is 2. The zero-order valence-corrected chi connectivity index (χ0v) is 11.9. The fraction of sp³-hybridized carbons (Fsp3) is 0.857. The number of hydrogen-bond donors (Lipinski definition) is 1. The number of alkyl halides is 2. The van der Waals surface area contributed by atoms with E-state index >= 15 is 0 Å². The number of rotatable bonds is 6. The second-order valence-corrected chi connectivity index (χ2v) is 6.02. The minimum Gasteiger partial charge on any atom is -0.391 e. The van der Waals surface area contributed by atoms with Crippen molar-refractivity contribution < 1.29 is 13.9 Å². The van der Waals surface area contributed by atoms with Gasteiger partial charge < -0.3 is 5.11 Å². The fourth-order valence-electron chi connectivity index (χ4n) is 3.10. The summed E-state index contributed by atoms with van der Waals surface area (Å²) in [4.78, 5) is 3.87. The van der Waals surface area contributed by atoms with Crippen LogP contribution in [0.15, 0.2) is 12.7 Å². The van der Waals surface area contributed by atoms with Crippen molar-refractivity contribution in [3.63, 3.8) is 0 Å². The minimum atomic E-state index is -2.87. The Balaban J connectivity index is 2.04. The van der Waals surface area contributed by atoms with E-state index in [1.54, 1.807) is 0 Å². The molecule has 1 aliphatic rings. The van der Waals surface area contributed by atoms with Crippen LogP contribution in [0, 0.1) is 5.92 Å². The van der Waals surface area contributed by atoms with Gasteiger partial charge in [-0.1, -0.05) is 32.1 Å². The molecule has 1 aliphatic carbocycles. The Morgan fingerprint density at radius 3 is 2.60 bits per heavy atom. The molecule has 6 heteroatoms. The second kappa shape index (κ2) is 6.61. The van der Waals surface area contributed by atoms with Gasteiger partial charge in [-0.25, -0.2) is 18.4 Å². The first-order valence-electron chi connectivity index (χ1n) is 7.36. The van der Waals surface area contributed by atoms with E-state index in [4.69, 9.17) is 0 Å². The molecule has 1 saturated carbocycles. The van der Waals surface area contributed by atoms with Crippen molar-refractivity contribution in [1.29, 1.82) is 0 Å². The van der Waals surface area contributed by atoms with Crippen LogP contribution in [-0.2, 0) is 0 Å². The number of aliphatic hydroxyl groups excluding tert-OH is 1. The third-order valence-electron chi connectivity index (χ3n) is 4.09. The summed E-state index contributed by atoms with van der Waals surface area (Å²) in [6, 6.07) is -0.411.